The van der Waals surface area contributed by atoms with Crippen LogP contribution in [0.15, 0.2) is 16.5 Å². The molecular weight excluding hydrogens is 286 g/mol. The molecule has 0 bridgehead atoms. The van der Waals surface area contributed by atoms with Crippen molar-refractivity contribution in [2.24, 2.45) is 0 Å². The second-order valence-electron chi connectivity index (χ2n) is 4.82. The minimum Gasteiger partial charge on any atom is -0.464 e. The quantitative estimate of drug-likeness (QED) is 0.777. The van der Waals surface area contributed by atoms with Crippen molar-refractivity contribution >= 4 is 20.6 Å². The highest BCUT2D eigenvalue weighted by molar-refractivity contribution is 7.92. The first-order chi connectivity index (χ1) is 8.76. The molecule has 0 radical (unpaired) electrons. The van der Waals surface area contributed by atoms with Crippen molar-refractivity contribution in [2.75, 3.05) is 17.8 Å². The Labute approximate surface area is 117 Å². The smallest absolute Gasteiger partial charge is 0.148 e. The first kappa shape index (κ1) is 16.4. The second-order valence-corrected chi connectivity index (χ2v) is 8.66. The van der Waals surface area contributed by atoms with E-state index in [1.807, 2.05) is 19.9 Å². The molecule has 1 aromatic rings. The fourth-order valence-corrected chi connectivity index (χ4v) is 3.95. The molecule has 0 aliphatic heterocycles. The van der Waals surface area contributed by atoms with Crippen molar-refractivity contribution in [3.8, 4) is 0 Å². The van der Waals surface area contributed by atoms with Crippen molar-refractivity contribution in [1.29, 1.82) is 0 Å². The summed E-state index contributed by atoms with van der Waals surface area (Å²) in [5.41, 5.74) is 0. The first-order valence-electron chi connectivity index (χ1n) is 6.10. The van der Waals surface area contributed by atoms with Crippen LogP contribution in [0.4, 0.5) is 0 Å². The van der Waals surface area contributed by atoms with E-state index in [2.05, 4.69) is 5.32 Å². The fraction of sp³-hybridized carbons (Fsp3) is 0.667. The summed E-state index contributed by atoms with van der Waals surface area (Å²) in [6, 6.07) is 4.01. The molecule has 1 aromatic heterocycles. The molecule has 0 aliphatic rings. The summed E-state index contributed by atoms with van der Waals surface area (Å²) in [5.74, 6) is 1.79. The number of nitrogens with one attached hydrogen (secondary N) is 1. The Morgan fingerprint density at radius 1 is 1.32 bits per heavy atom. The highest BCUT2D eigenvalue weighted by Gasteiger charge is 2.10. The number of furan rings is 1. The van der Waals surface area contributed by atoms with E-state index in [0.29, 0.717) is 18.3 Å². The minimum atomic E-state index is -3.06. The van der Waals surface area contributed by atoms with Gasteiger partial charge in [0.15, 0.2) is 0 Å². The van der Waals surface area contributed by atoms with E-state index in [1.54, 1.807) is 6.07 Å². The van der Waals surface area contributed by atoms with Gasteiger partial charge < -0.3 is 9.73 Å². The molecule has 1 atom stereocenters. The Hall–Kier alpha value is -0.660. The lowest BCUT2D eigenvalue weighted by molar-refractivity contribution is 0.445. The van der Waals surface area contributed by atoms with Gasteiger partial charge >= 0.3 is 0 Å². The molecule has 1 heterocycles. The average molecular weight is 307 g/mol. The van der Waals surface area contributed by atoms with Gasteiger partial charge in [0, 0.05) is 28.9 Å². The Kier molecular flexibility index (Phi) is 6.22. The zero-order valence-corrected chi connectivity index (χ0v) is 13.1. The molecule has 0 spiro atoms. The van der Waals surface area contributed by atoms with Gasteiger partial charge in [0.05, 0.1) is 18.1 Å². The second kappa shape index (κ2) is 7.21. The molecule has 110 valence electrons. The Balaban J connectivity index is 2.43. The predicted octanol–water partition coefficient (Wildman–Crippen LogP) is 1.07. The van der Waals surface area contributed by atoms with Gasteiger partial charge in [-0.2, -0.15) is 0 Å². The summed E-state index contributed by atoms with van der Waals surface area (Å²) in [6.07, 6.45) is 1.15. The van der Waals surface area contributed by atoms with E-state index in [1.165, 1.54) is 0 Å². The van der Waals surface area contributed by atoms with Gasteiger partial charge in [-0.25, -0.2) is 8.42 Å². The average Bonchev–Trinajstić information content (AvgIpc) is 2.70. The third kappa shape index (κ3) is 7.49. The van der Waals surface area contributed by atoms with Crippen LogP contribution in [0.3, 0.4) is 0 Å². The summed E-state index contributed by atoms with van der Waals surface area (Å²) in [5, 5.41) is 3.22. The highest BCUT2D eigenvalue weighted by atomic mass is 32.2. The summed E-state index contributed by atoms with van der Waals surface area (Å²) in [4.78, 5) is 0. The molecule has 1 N–H and O–H groups in total. The lowest BCUT2D eigenvalue weighted by Crippen LogP contribution is -2.21. The van der Waals surface area contributed by atoms with Crippen LogP contribution in [-0.4, -0.2) is 36.4 Å². The maximum absolute atomic E-state index is 11.7. The van der Waals surface area contributed by atoms with Gasteiger partial charge in [-0.05, 0) is 12.1 Å². The van der Waals surface area contributed by atoms with Gasteiger partial charge in [0.2, 0.25) is 0 Å². The van der Waals surface area contributed by atoms with E-state index in [-0.39, 0.29) is 17.3 Å². The van der Waals surface area contributed by atoms with Crippen molar-refractivity contribution in [3.63, 3.8) is 0 Å². The molecule has 0 amide bonds. The lowest BCUT2D eigenvalue weighted by atomic mass is 10.3. The normalized spacial score (nSPS) is 13.9. The largest absolute Gasteiger partial charge is 0.464 e. The van der Waals surface area contributed by atoms with Crippen LogP contribution in [0.5, 0.6) is 0 Å². The molecule has 0 aliphatic carbocycles. The van der Waals surface area contributed by atoms with Gasteiger partial charge in [-0.1, -0.05) is 13.8 Å². The number of hydrogen-bond donors (Lipinski definition) is 1. The van der Waals surface area contributed by atoms with Crippen LogP contribution in [0.1, 0.15) is 25.4 Å². The maximum Gasteiger partial charge on any atom is 0.148 e. The molecular formula is C12H21NO4S2. The van der Waals surface area contributed by atoms with E-state index >= 15 is 0 Å². The zero-order valence-electron chi connectivity index (χ0n) is 11.5. The van der Waals surface area contributed by atoms with Crippen LogP contribution in [-0.2, 0) is 32.9 Å². The summed E-state index contributed by atoms with van der Waals surface area (Å²) >= 11 is 0. The van der Waals surface area contributed by atoms with E-state index in [0.717, 1.165) is 12.0 Å². The van der Waals surface area contributed by atoms with Crippen LogP contribution in [0, 0.1) is 0 Å². The Morgan fingerprint density at radius 3 is 2.53 bits per heavy atom. The van der Waals surface area contributed by atoms with E-state index < -0.39 is 20.6 Å². The topological polar surface area (TPSA) is 76.4 Å². The van der Waals surface area contributed by atoms with Gasteiger partial charge in [0.25, 0.3) is 0 Å². The lowest BCUT2D eigenvalue weighted by Gasteiger charge is -2.05. The summed E-state index contributed by atoms with van der Waals surface area (Å²) < 4.78 is 39.2. The van der Waals surface area contributed by atoms with E-state index in [9.17, 15) is 12.6 Å². The predicted molar refractivity (Wildman–Crippen MR) is 77.1 cm³/mol. The van der Waals surface area contributed by atoms with Gasteiger partial charge in [-0.3, -0.25) is 4.21 Å². The summed E-state index contributed by atoms with van der Waals surface area (Å²) in [7, 11) is -4.27. The van der Waals surface area contributed by atoms with Crippen molar-refractivity contribution in [3.05, 3.63) is 23.7 Å². The number of hydrogen-bond acceptors (Lipinski definition) is 5. The summed E-state index contributed by atoms with van der Waals surface area (Å²) in [6.45, 7) is 4.72. The highest BCUT2D eigenvalue weighted by Crippen LogP contribution is 2.10. The third-order valence-electron chi connectivity index (χ3n) is 2.39. The van der Waals surface area contributed by atoms with Crippen LogP contribution >= 0.6 is 0 Å². The minimum absolute atomic E-state index is 0.0535. The molecule has 19 heavy (non-hydrogen) atoms. The number of sulfone groups is 1. The monoisotopic (exact) mass is 307 g/mol. The third-order valence-corrected chi connectivity index (χ3v) is 4.86. The van der Waals surface area contributed by atoms with Crippen molar-refractivity contribution < 1.29 is 17.0 Å². The maximum atomic E-state index is 11.7. The molecule has 0 fully saturated rings. The van der Waals surface area contributed by atoms with Crippen molar-refractivity contribution in [2.45, 2.75) is 32.2 Å². The Bertz CT molecular complexity index is 520. The molecule has 1 rings (SSSR count). The van der Waals surface area contributed by atoms with Gasteiger partial charge in [0.1, 0.15) is 21.4 Å². The number of rotatable bonds is 8. The molecule has 7 heteroatoms. The zero-order chi connectivity index (χ0) is 14.5. The molecule has 1 unspecified atom stereocenters. The molecule has 5 nitrogen and oxygen atoms in total. The molecule has 0 saturated heterocycles. The SMILES string of the molecule is CC(C)NCc1ccc(CS(=O)CCS(C)(=O)=O)o1. The molecule has 0 saturated carbocycles. The standard InChI is InChI=1S/C12H21NO4S2/c1-10(2)13-8-11-4-5-12(17-11)9-18(14)6-7-19(3,15)16/h4-5,10,13H,6-9H2,1-3H3. The van der Waals surface area contributed by atoms with Crippen LogP contribution in [0.25, 0.3) is 0 Å². The molecule has 0 aromatic carbocycles. The first-order valence-corrected chi connectivity index (χ1v) is 9.65. The van der Waals surface area contributed by atoms with Crippen LogP contribution < -0.4 is 5.32 Å². The van der Waals surface area contributed by atoms with Crippen molar-refractivity contribution in [1.82, 2.24) is 5.32 Å². The van der Waals surface area contributed by atoms with E-state index in [4.69, 9.17) is 4.42 Å². The Morgan fingerprint density at radius 2 is 1.95 bits per heavy atom. The van der Waals surface area contributed by atoms with Crippen LogP contribution in [0.2, 0.25) is 0 Å². The van der Waals surface area contributed by atoms with Gasteiger partial charge in [-0.15, -0.1) is 0 Å². The fourth-order valence-electron chi connectivity index (χ4n) is 1.37.